The minimum atomic E-state index is -0.821. The molecule has 3 heterocycles. The molecule has 168 valence electrons. The summed E-state index contributed by atoms with van der Waals surface area (Å²) in [5.74, 6) is 0.201. The third-order valence-electron chi connectivity index (χ3n) is 5.47. The van der Waals surface area contributed by atoms with Crippen molar-refractivity contribution >= 4 is 23.2 Å². The Balaban J connectivity index is 1.59. The lowest BCUT2D eigenvalue weighted by Crippen LogP contribution is -2.33. The smallest absolute Gasteiger partial charge is 0.335 e. The average molecular weight is 469 g/mol. The Bertz CT molecular complexity index is 1430. The molecule has 0 unspecified atom stereocenters. The van der Waals surface area contributed by atoms with Gasteiger partial charge in [0.1, 0.15) is 5.56 Å². The quantitative estimate of drug-likeness (QED) is 0.607. The highest BCUT2D eigenvalue weighted by atomic mass is 35.5. The van der Waals surface area contributed by atoms with Crippen molar-refractivity contribution in [3.8, 4) is 23.1 Å². The van der Waals surface area contributed by atoms with E-state index in [1.807, 2.05) is 0 Å². The van der Waals surface area contributed by atoms with E-state index >= 15 is 0 Å². The summed E-state index contributed by atoms with van der Waals surface area (Å²) >= 11 is 5.91. The maximum atomic E-state index is 12.7. The van der Waals surface area contributed by atoms with E-state index in [1.54, 1.807) is 30.3 Å². The molecule has 0 spiro atoms. The number of hydrogen-bond acceptors (Lipinski definition) is 7. The number of H-pyrrole nitrogens is 1. The van der Waals surface area contributed by atoms with Crippen LogP contribution in [0.1, 0.15) is 30.5 Å². The van der Waals surface area contributed by atoms with Crippen molar-refractivity contribution in [3.05, 3.63) is 79.5 Å². The number of fused-ring (bicyclic) bond motifs is 1. The number of nitrogens with one attached hydrogen (secondary N) is 1. The standard InChI is InChI=1S/C22H17ClN4O6/c1-11(28)27-16(12-2-7-17-18(8-12)33-10-32-17)9-15(25-27)19-20(29)24-22(31)26(21(19)30)14-5-3-13(23)4-6-14/h2-8,16,30H,9-10H2,1H3,(H,24,29,31)/t16-/m1/s1. The Morgan fingerprint density at radius 1 is 1.15 bits per heavy atom. The lowest BCUT2D eigenvalue weighted by atomic mass is 9.98. The molecule has 33 heavy (non-hydrogen) atoms. The van der Waals surface area contributed by atoms with Gasteiger partial charge in [0.15, 0.2) is 11.5 Å². The molecule has 2 N–H and O–H groups in total. The Morgan fingerprint density at radius 2 is 1.88 bits per heavy atom. The molecule has 0 saturated carbocycles. The second kappa shape index (κ2) is 7.82. The number of amides is 1. The first-order valence-corrected chi connectivity index (χ1v) is 10.3. The van der Waals surface area contributed by atoms with Crippen LogP contribution in [0.4, 0.5) is 0 Å². The summed E-state index contributed by atoms with van der Waals surface area (Å²) < 4.78 is 11.7. The van der Waals surface area contributed by atoms with Crippen molar-refractivity contribution in [3.63, 3.8) is 0 Å². The van der Waals surface area contributed by atoms with Gasteiger partial charge in [-0.15, -0.1) is 0 Å². The van der Waals surface area contributed by atoms with Crippen LogP contribution >= 0.6 is 11.6 Å². The van der Waals surface area contributed by atoms with Crippen molar-refractivity contribution in [1.82, 2.24) is 14.6 Å². The molecular formula is C22H17ClN4O6. The molecule has 2 aromatic carbocycles. The average Bonchev–Trinajstić information content (AvgIpc) is 3.41. The van der Waals surface area contributed by atoms with E-state index in [9.17, 15) is 19.5 Å². The largest absolute Gasteiger partial charge is 0.493 e. The van der Waals surface area contributed by atoms with Gasteiger partial charge in [-0.2, -0.15) is 5.10 Å². The van der Waals surface area contributed by atoms with Crippen LogP contribution in [0.25, 0.3) is 5.69 Å². The number of halogens is 1. The molecule has 11 heteroatoms. The van der Waals surface area contributed by atoms with Crippen molar-refractivity contribution in [1.29, 1.82) is 0 Å². The Hall–Kier alpha value is -4.05. The third kappa shape index (κ3) is 3.54. The summed E-state index contributed by atoms with van der Waals surface area (Å²) in [6.45, 7) is 1.46. The molecule has 2 aliphatic rings. The van der Waals surface area contributed by atoms with Crippen LogP contribution in [0.2, 0.25) is 5.02 Å². The molecule has 0 radical (unpaired) electrons. The fourth-order valence-electron chi connectivity index (χ4n) is 3.95. The number of aromatic amines is 1. The van der Waals surface area contributed by atoms with E-state index in [0.717, 1.165) is 10.1 Å². The van der Waals surface area contributed by atoms with Crippen molar-refractivity contribution < 1.29 is 19.4 Å². The van der Waals surface area contributed by atoms with Gasteiger partial charge in [0.05, 0.1) is 17.4 Å². The van der Waals surface area contributed by atoms with Crippen LogP contribution in [0.5, 0.6) is 17.4 Å². The summed E-state index contributed by atoms with van der Waals surface area (Å²) in [4.78, 5) is 39.7. The van der Waals surface area contributed by atoms with Crippen LogP contribution in [-0.2, 0) is 4.79 Å². The van der Waals surface area contributed by atoms with E-state index in [0.29, 0.717) is 22.2 Å². The molecule has 0 aliphatic carbocycles. The van der Waals surface area contributed by atoms with Crippen LogP contribution in [-0.4, -0.2) is 38.1 Å². The number of benzene rings is 2. The van der Waals surface area contributed by atoms with Gasteiger partial charge in [-0.1, -0.05) is 17.7 Å². The maximum absolute atomic E-state index is 12.7. The van der Waals surface area contributed by atoms with Crippen LogP contribution in [0.3, 0.4) is 0 Å². The summed E-state index contributed by atoms with van der Waals surface area (Å²) in [5, 5.41) is 16.9. The molecule has 1 atom stereocenters. The molecule has 2 aliphatic heterocycles. The Morgan fingerprint density at radius 3 is 2.61 bits per heavy atom. The summed E-state index contributed by atoms with van der Waals surface area (Å²) in [6, 6.07) is 10.9. The SMILES string of the molecule is CC(=O)N1N=C(c2c(O)n(-c3ccc(Cl)cc3)c(=O)[nH]c2=O)C[C@@H]1c1ccc2c(c1)OCO2. The molecule has 1 amide bonds. The second-order valence-corrected chi connectivity index (χ2v) is 7.95. The predicted molar refractivity (Wildman–Crippen MR) is 118 cm³/mol. The zero-order valence-corrected chi connectivity index (χ0v) is 18.0. The Labute approximate surface area is 191 Å². The molecule has 0 saturated heterocycles. The number of hydrogen-bond donors (Lipinski definition) is 2. The fraction of sp³-hybridized carbons (Fsp3) is 0.182. The van der Waals surface area contributed by atoms with Gasteiger partial charge < -0.3 is 14.6 Å². The normalized spacial score (nSPS) is 16.7. The fourth-order valence-corrected chi connectivity index (χ4v) is 4.07. The minimum Gasteiger partial charge on any atom is -0.493 e. The number of hydrazone groups is 1. The number of ether oxygens (including phenoxy) is 2. The van der Waals surface area contributed by atoms with Gasteiger partial charge in [0.2, 0.25) is 18.6 Å². The van der Waals surface area contributed by atoms with E-state index in [2.05, 4.69) is 10.1 Å². The number of aromatic nitrogens is 2. The van der Waals surface area contributed by atoms with Gasteiger partial charge in [0.25, 0.3) is 5.56 Å². The topological polar surface area (TPSA) is 126 Å². The molecule has 0 fully saturated rings. The highest BCUT2D eigenvalue weighted by molar-refractivity contribution is 6.30. The van der Waals surface area contributed by atoms with Crippen LogP contribution in [0, 0.1) is 0 Å². The summed E-state index contributed by atoms with van der Waals surface area (Å²) in [7, 11) is 0. The number of carbonyl (C=O) groups is 1. The second-order valence-electron chi connectivity index (χ2n) is 7.51. The lowest BCUT2D eigenvalue weighted by molar-refractivity contribution is -0.130. The molecular weight excluding hydrogens is 452 g/mol. The number of rotatable bonds is 3. The lowest BCUT2D eigenvalue weighted by Gasteiger charge is -2.20. The first kappa shape index (κ1) is 20.8. The van der Waals surface area contributed by atoms with Crippen molar-refractivity contribution in [2.24, 2.45) is 5.10 Å². The zero-order valence-electron chi connectivity index (χ0n) is 17.2. The highest BCUT2D eigenvalue weighted by Gasteiger charge is 2.35. The van der Waals surface area contributed by atoms with E-state index < -0.39 is 23.2 Å². The first-order chi connectivity index (χ1) is 15.8. The third-order valence-corrected chi connectivity index (χ3v) is 5.73. The van der Waals surface area contributed by atoms with E-state index in [1.165, 1.54) is 24.1 Å². The molecule has 0 bridgehead atoms. The molecule has 1 aromatic heterocycles. The Kier molecular flexibility index (Phi) is 4.94. The number of carbonyl (C=O) groups excluding carboxylic acids is 1. The summed E-state index contributed by atoms with van der Waals surface area (Å²) in [6.07, 6.45) is 0.134. The van der Waals surface area contributed by atoms with Crippen LogP contribution < -0.4 is 20.7 Å². The van der Waals surface area contributed by atoms with Gasteiger partial charge in [-0.25, -0.2) is 14.4 Å². The maximum Gasteiger partial charge on any atom is 0.335 e. The monoisotopic (exact) mass is 468 g/mol. The van der Waals surface area contributed by atoms with Crippen molar-refractivity contribution in [2.45, 2.75) is 19.4 Å². The zero-order chi connectivity index (χ0) is 23.3. The predicted octanol–water partition coefficient (Wildman–Crippen LogP) is 2.31. The van der Waals surface area contributed by atoms with Gasteiger partial charge in [-0.3, -0.25) is 14.6 Å². The van der Waals surface area contributed by atoms with Gasteiger partial charge in [0, 0.05) is 18.4 Å². The van der Waals surface area contributed by atoms with Gasteiger partial charge in [-0.05, 0) is 42.0 Å². The van der Waals surface area contributed by atoms with E-state index in [4.69, 9.17) is 21.1 Å². The van der Waals surface area contributed by atoms with Crippen LogP contribution in [0.15, 0.2) is 57.2 Å². The van der Waals surface area contributed by atoms with Gasteiger partial charge >= 0.3 is 5.69 Å². The minimum absolute atomic E-state index is 0.108. The molecule has 10 nitrogen and oxygen atoms in total. The van der Waals surface area contributed by atoms with E-state index in [-0.39, 0.29) is 30.4 Å². The first-order valence-electron chi connectivity index (χ1n) is 9.95. The number of aromatic hydroxyl groups is 1. The number of nitrogens with zero attached hydrogens (tertiary/aromatic N) is 3. The summed E-state index contributed by atoms with van der Waals surface area (Å²) in [5.41, 5.74) is -0.647. The molecule has 3 aromatic rings. The highest BCUT2D eigenvalue weighted by Crippen LogP contribution is 2.39. The van der Waals surface area contributed by atoms with Crippen molar-refractivity contribution in [2.75, 3.05) is 6.79 Å². The molecule has 5 rings (SSSR count).